The van der Waals surface area contributed by atoms with E-state index in [-0.39, 0.29) is 23.1 Å². The van der Waals surface area contributed by atoms with Crippen molar-refractivity contribution in [2.24, 2.45) is 5.92 Å². The van der Waals surface area contributed by atoms with Crippen molar-refractivity contribution >= 4 is 35.0 Å². The smallest absolute Gasteiger partial charge is 0.238 e. The van der Waals surface area contributed by atoms with Gasteiger partial charge in [-0.15, -0.1) is 11.8 Å². The van der Waals surface area contributed by atoms with E-state index in [0.717, 1.165) is 53.7 Å². The zero-order valence-corrected chi connectivity index (χ0v) is 17.2. The Morgan fingerprint density at radius 2 is 1.79 bits per heavy atom. The van der Waals surface area contributed by atoms with Crippen molar-refractivity contribution in [1.82, 2.24) is 0 Å². The van der Waals surface area contributed by atoms with Crippen molar-refractivity contribution < 1.29 is 9.59 Å². The number of anilines is 2. The standard InChI is InChI=1S/C23H26N2O2S/c1-15-10-16(2)12-20(11-15)25-21(26)14-28-23(25)18-8-5-9-19(13-18)24-22(27)17-6-3-4-7-17/h5,8-13,17,23H,3-4,6-7,14H2,1-2H3,(H,24,27). The SMILES string of the molecule is Cc1cc(C)cc(N2C(=O)CSC2c2cccc(NC(=O)C3CCCC3)c2)c1. The fourth-order valence-corrected chi connectivity index (χ4v) is 5.41. The van der Waals surface area contributed by atoms with Crippen LogP contribution in [-0.2, 0) is 9.59 Å². The van der Waals surface area contributed by atoms with Crippen LogP contribution in [0, 0.1) is 19.8 Å². The van der Waals surface area contributed by atoms with E-state index in [4.69, 9.17) is 0 Å². The average molecular weight is 395 g/mol. The summed E-state index contributed by atoms with van der Waals surface area (Å²) in [7, 11) is 0. The van der Waals surface area contributed by atoms with Crippen LogP contribution in [0.1, 0.15) is 47.7 Å². The van der Waals surface area contributed by atoms with Gasteiger partial charge in [0.2, 0.25) is 11.8 Å². The van der Waals surface area contributed by atoms with Crippen LogP contribution < -0.4 is 10.2 Å². The molecule has 28 heavy (non-hydrogen) atoms. The average Bonchev–Trinajstić information content (AvgIpc) is 3.31. The molecule has 1 heterocycles. The molecule has 1 atom stereocenters. The number of nitrogens with one attached hydrogen (secondary N) is 1. The molecular weight excluding hydrogens is 368 g/mol. The molecule has 1 aliphatic heterocycles. The number of carbonyl (C=O) groups is 2. The monoisotopic (exact) mass is 394 g/mol. The minimum Gasteiger partial charge on any atom is -0.326 e. The Bertz CT molecular complexity index is 885. The molecule has 2 aromatic rings. The summed E-state index contributed by atoms with van der Waals surface area (Å²) < 4.78 is 0. The third-order valence-corrected chi connectivity index (χ3v) is 6.73. The van der Waals surface area contributed by atoms with Gasteiger partial charge < -0.3 is 5.32 Å². The van der Waals surface area contributed by atoms with E-state index < -0.39 is 0 Å². The molecule has 0 bridgehead atoms. The zero-order chi connectivity index (χ0) is 19.7. The molecule has 1 N–H and O–H groups in total. The van der Waals surface area contributed by atoms with E-state index in [1.807, 2.05) is 29.2 Å². The molecule has 2 amide bonds. The molecule has 1 saturated heterocycles. The van der Waals surface area contributed by atoms with Gasteiger partial charge in [-0.05, 0) is 67.6 Å². The minimum absolute atomic E-state index is 0.0722. The normalized spacial score (nSPS) is 20.0. The highest BCUT2D eigenvalue weighted by Crippen LogP contribution is 2.42. The topological polar surface area (TPSA) is 49.4 Å². The number of rotatable bonds is 4. The molecular formula is C23H26N2O2S. The Labute approximate surface area is 170 Å². The first-order chi connectivity index (χ1) is 13.5. The van der Waals surface area contributed by atoms with Crippen LogP contribution in [0.5, 0.6) is 0 Å². The van der Waals surface area contributed by atoms with E-state index >= 15 is 0 Å². The number of carbonyl (C=O) groups excluding carboxylic acids is 2. The number of nitrogens with zero attached hydrogens (tertiary/aromatic N) is 1. The van der Waals surface area contributed by atoms with E-state index in [9.17, 15) is 9.59 Å². The van der Waals surface area contributed by atoms with E-state index in [0.29, 0.717) is 5.75 Å². The number of benzene rings is 2. The highest BCUT2D eigenvalue weighted by atomic mass is 32.2. The summed E-state index contributed by atoms with van der Waals surface area (Å²) in [6.45, 7) is 4.11. The van der Waals surface area contributed by atoms with E-state index in [1.54, 1.807) is 11.8 Å². The lowest BCUT2D eigenvalue weighted by Crippen LogP contribution is -2.28. The number of amides is 2. The van der Waals surface area contributed by atoms with Gasteiger partial charge in [0.25, 0.3) is 0 Å². The van der Waals surface area contributed by atoms with Gasteiger partial charge in [-0.1, -0.05) is 31.0 Å². The van der Waals surface area contributed by atoms with Crippen molar-refractivity contribution in [3.8, 4) is 0 Å². The molecule has 4 rings (SSSR count). The van der Waals surface area contributed by atoms with Crippen LogP contribution in [0.15, 0.2) is 42.5 Å². The molecule has 5 heteroatoms. The maximum Gasteiger partial charge on any atom is 0.238 e. The molecule has 2 aromatic carbocycles. The molecule has 1 unspecified atom stereocenters. The second-order valence-electron chi connectivity index (χ2n) is 7.87. The van der Waals surface area contributed by atoms with Crippen molar-refractivity contribution in [2.45, 2.75) is 44.9 Å². The highest BCUT2D eigenvalue weighted by Gasteiger charge is 2.34. The second kappa shape index (κ2) is 8.00. The number of hydrogen-bond donors (Lipinski definition) is 1. The quantitative estimate of drug-likeness (QED) is 0.774. The molecule has 2 fully saturated rings. The van der Waals surface area contributed by atoms with Gasteiger partial charge in [-0.25, -0.2) is 0 Å². The molecule has 2 aliphatic rings. The third-order valence-electron chi connectivity index (χ3n) is 5.52. The second-order valence-corrected chi connectivity index (χ2v) is 8.94. The summed E-state index contributed by atoms with van der Waals surface area (Å²) in [6.07, 6.45) is 4.26. The summed E-state index contributed by atoms with van der Waals surface area (Å²) in [5, 5.41) is 3.01. The molecule has 1 saturated carbocycles. The van der Waals surface area contributed by atoms with Crippen LogP contribution in [0.25, 0.3) is 0 Å². The molecule has 0 spiro atoms. The van der Waals surface area contributed by atoms with E-state index in [1.165, 1.54) is 0 Å². The lowest BCUT2D eigenvalue weighted by atomic mass is 10.1. The summed E-state index contributed by atoms with van der Waals surface area (Å²) in [4.78, 5) is 27.0. The number of aryl methyl sites for hydroxylation is 2. The first-order valence-electron chi connectivity index (χ1n) is 9.94. The Kier molecular flexibility index (Phi) is 5.44. The van der Waals surface area contributed by atoms with Crippen molar-refractivity contribution in [3.05, 3.63) is 59.2 Å². The Morgan fingerprint density at radius 1 is 1.07 bits per heavy atom. The van der Waals surface area contributed by atoms with Crippen LogP contribution in [0.3, 0.4) is 0 Å². The first kappa shape index (κ1) is 19.1. The molecule has 0 radical (unpaired) electrons. The fourth-order valence-electron chi connectivity index (χ4n) is 4.24. The van der Waals surface area contributed by atoms with Gasteiger partial charge in [-0.3, -0.25) is 14.5 Å². The molecule has 0 aromatic heterocycles. The highest BCUT2D eigenvalue weighted by molar-refractivity contribution is 8.00. The Hall–Kier alpha value is -2.27. The van der Waals surface area contributed by atoms with Crippen molar-refractivity contribution in [1.29, 1.82) is 0 Å². The summed E-state index contributed by atoms with van der Waals surface area (Å²) in [5.41, 5.74) is 5.10. The summed E-state index contributed by atoms with van der Waals surface area (Å²) >= 11 is 1.63. The maximum absolute atomic E-state index is 12.7. The predicted octanol–water partition coefficient (Wildman–Crippen LogP) is 5.21. The van der Waals surface area contributed by atoms with Gasteiger partial charge in [0.1, 0.15) is 5.37 Å². The lowest BCUT2D eigenvalue weighted by molar-refractivity contribution is -0.119. The van der Waals surface area contributed by atoms with Gasteiger partial charge in [0.05, 0.1) is 5.75 Å². The zero-order valence-electron chi connectivity index (χ0n) is 16.4. The number of thioether (sulfide) groups is 1. The van der Waals surface area contributed by atoms with Crippen molar-refractivity contribution in [2.75, 3.05) is 16.0 Å². The van der Waals surface area contributed by atoms with Crippen LogP contribution >= 0.6 is 11.8 Å². The predicted molar refractivity (Wildman–Crippen MR) is 116 cm³/mol. The minimum atomic E-state index is -0.0722. The molecule has 1 aliphatic carbocycles. The summed E-state index contributed by atoms with van der Waals surface area (Å²) in [5.74, 6) is 0.852. The molecule has 4 nitrogen and oxygen atoms in total. The van der Waals surface area contributed by atoms with Gasteiger partial charge in [-0.2, -0.15) is 0 Å². The van der Waals surface area contributed by atoms with Gasteiger partial charge >= 0.3 is 0 Å². The van der Waals surface area contributed by atoms with Crippen LogP contribution in [0.4, 0.5) is 11.4 Å². The maximum atomic E-state index is 12.7. The molecule has 146 valence electrons. The Balaban J connectivity index is 1.58. The van der Waals surface area contributed by atoms with Crippen LogP contribution in [0.2, 0.25) is 0 Å². The van der Waals surface area contributed by atoms with E-state index in [2.05, 4.69) is 37.4 Å². The Morgan fingerprint density at radius 3 is 2.50 bits per heavy atom. The third kappa shape index (κ3) is 3.95. The lowest BCUT2D eigenvalue weighted by Gasteiger charge is -2.25. The number of hydrogen-bond acceptors (Lipinski definition) is 3. The summed E-state index contributed by atoms with van der Waals surface area (Å²) in [6, 6.07) is 14.2. The first-order valence-corrected chi connectivity index (χ1v) is 11.0. The van der Waals surface area contributed by atoms with Gasteiger partial charge in [0, 0.05) is 17.3 Å². The largest absolute Gasteiger partial charge is 0.326 e. The van der Waals surface area contributed by atoms with Gasteiger partial charge in [0.15, 0.2) is 0 Å². The van der Waals surface area contributed by atoms with Crippen molar-refractivity contribution in [3.63, 3.8) is 0 Å². The fraction of sp³-hybridized carbons (Fsp3) is 0.391. The van der Waals surface area contributed by atoms with Crippen LogP contribution in [-0.4, -0.2) is 17.6 Å².